The monoisotopic (exact) mass is 311 g/mol. The van der Waals surface area contributed by atoms with E-state index >= 15 is 0 Å². The first-order valence-corrected chi connectivity index (χ1v) is 7.32. The molecule has 7 heteroatoms. The Balaban J connectivity index is 1.97. The van der Waals surface area contributed by atoms with Crippen molar-refractivity contribution in [3.8, 4) is 5.75 Å². The number of nitrogens with one attached hydrogen (secondary N) is 1. The van der Waals surface area contributed by atoms with Crippen LogP contribution >= 0.6 is 0 Å². The summed E-state index contributed by atoms with van der Waals surface area (Å²) in [6, 6.07) is 9.07. The molecule has 3 aromatic rings. The maximum Gasteiger partial charge on any atom is 0.294 e. The molecule has 3 rings (SSSR count). The van der Waals surface area contributed by atoms with Crippen LogP contribution in [0.25, 0.3) is 5.65 Å². The minimum atomic E-state index is -0.319. The number of rotatable bonds is 4. The second-order valence-corrected chi connectivity index (χ2v) is 5.11. The molecule has 0 aliphatic carbocycles. The van der Waals surface area contributed by atoms with Gasteiger partial charge in [0.25, 0.3) is 5.56 Å². The van der Waals surface area contributed by atoms with Gasteiger partial charge in [0.1, 0.15) is 5.75 Å². The van der Waals surface area contributed by atoms with Crippen LogP contribution in [0.5, 0.6) is 5.75 Å². The number of ether oxygens (including phenoxy) is 1. The molecule has 0 fully saturated rings. The van der Waals surface area contributed by atoms with Crippen molar-refractivity contribution in [2.45, 2.75) is 20.8 Å². The highest BCUT2D eigenvalue weighted by atomic mass is 16.5. The van der Waals surface area contributed by atoms with Crippen molar-refractivity contribution in [2.75, 3.05) is 6.61 Å². The van der Waals surface area contributed by atoms with Gasteiger partial charge in [-0.3, -0.25) is 9.89 Å². The summed E-state index contributed by atoms with van der Waals surface area (Å²) in [7, 11) is 0. The van der Waals surface area contributed by atoms with E-state index in [2.05, 4.69) is 20.3 Å². The summed E-state index contributed by atoms with van der Waals surface area (Å²) in [6.07, 6.45) is 0. The fraction of sp³-hybridized carbons (Fsp3) is 0.250. The molecule has 0 aliphatic heterocycles. The average molecular weight is 311 g/mol. The van der Waals surface area contributed by atoms with Gasteiger partial charge in [-0.05, 0) is 51.1 Å². The van der Waals surface area contributed by atoms with Crippen molar-refractivity contribution in [3.63, 3.8) is 0 Å². The van der Waals surface area contributed by atoms with Crippen LogP contribution in [0.3, 0.4) is 0 Å². The zero-order valence-electron chi connectivity index (χ0n) is 13.2. The molecule has 0 saturated carbocycles. The molecule has 7 nitrogen and oxygen atoms in total. The highest BCUT2D eigenvalue weighted by molar-refractivity contribution is 5.63. The fourth-order valence-electron chi connectivity index (χ4n) is 2.31. The molecule has 0 amide bonds. The van der Waals surface area contributed by atoms with Gasteiger partial charge in [-0.25, -0.2) is 9.50 Å². The number of hydrogen-bond donors (Lipinski definition) is 1. The summed E-state index contributed by atoms with van der Waals surface area (Å²) >= 11 is 0. The van der Waals surface area contributed by atoms with Gasteiger partial charge < -0.3 is 4.74 Å². The molecule has 0 saturated heterocycles. The lowest BCUT2D eigenvalue weighted by Crippen LogP contribution is -2.02. The van der Waals surface area contributed by atoms with E-state index in [0.717, 1.165) is 17.1 Å². The van der Waals surface area contributed by atoms with Crippen LogP contribution in [0, 0.1) is 13.8 Å². The van der Waals surface area contributed by atoms with Crippen LogP contribution in [-0.4, -0.2) is 21.2 Å². The first-order chi connectivity index (χ1) is 11.1. The van der Waals surface area contributed by atoms with Crippen LogP contribution < -0.4 is 10.3 Å². The summed E-state index contributed by atoms with van der Waals surface area (Å²) in [5.41, 5.74) is 2.69. The largest absolute Gasteiger partial charge is 0.494 e. The first-order valence-electron chi connectivity index (χ1n) is 7.32. The maximum atomic E-state index is 12.1. The van der Waals surface area contributed by atoms with Crippen molar-refractivity contribution in [1.29, 1.82) is 0 Å². The standard InChI is InChI=1S/C16H17N5O2/c1-4-23-13-7-5-12(6-8-13)18-19-14-15-17-10(2)9-11(3)21(15)20-16(14)22/h5-9H,4H2,1-3H3,(H,20,22). The Morgan fingerprint density at radius 3 is 2.65 bits per heavy atom. The molecule has 0 aliphatic rings. The van der Waals surface area contributed by atoms with Crippen molar-refractivity contribution in [1.82, 2.24) is 14.6 Å². The molecule has 2 aromatic heterocycles. The smallest absolute Gasteiger partial charge is 0.294 e. The van der Waals surface area contributed by atoms with Crippen molar-refractivity contribution >= 4 is 17.0 Å². The Labute approximate surface area is 132 Å². The van der Waals surface area contributed by atoms with Crippen LogP contribution in [0.2, 0.25) is 0 Å². The summed E-state index contributed by atoms with van der Waals surface area (Å²) < 4.78 is 6.99. The number of azo groups is 1. The van der Waals surface area contributed by atoms with Gasteiger partial charge >= 0.3 is 0 Å². The van der Waals surface area contributed by atoms with Crippen LogP contribution in [0.4, 0.5) is 11.4 Å². The second-order valence-electron chi connectivity index (χ2n) is 5.11. The van der Waals surface area contributed by atoms with Gasteiger partial charge in [0.2, 0.25) is 0 Å². The van der Waals surface area contributed by atoms with Crippen molar-refractivity contribution in [2.24, 2.45) is 10.2 Å². The minimum absolute atomic E-state index is 0.200. The highest BCUT2D eigenvalue weighted by Crippen LogP contribution is 2.22. The van der Waals surface area contributed by atoms with E-state index in [4.69, 9.17) is 4.74 Å². The van der Waals surface area contributed by atoms with Crippen LogP contribution in [0.15, 0.2) is 45.4 Å². The lowest BCUT2D eigenvalue weighted by atomic mass is 10.3. The third-order valence-corrected chi connectivity index (χ3v) is 3.32. The molecule has 0 bridgehead atoms. The van der Waals surface area contributed by atoms with E-state index in [-0.39, 0.29) is 11.2 Å². The lowest BCUT2D eigenvalue weighted by Gasteiger charge is -2.01. The third-order valence-electron chi connectivity index (χ3n) is 3.32. The Morgan fingerprint density at radius 1 is 1.22 bits per heavy atom. The number of aryl methyl sites for hydroxylation is 2. The molecule has 0 atom stereocenters. The molecule has 0 unspecified atom stereocenters. The van der Waals surface area contributed by atoms with E-state index in [9.17, 15) is 4.79 Å². The Morgan fingerprint density at radius 2 is 1.96 bits per heavy atom. The predicted octanol–water partition coefficient (Wildman–Crippen LogP) is 3.45. The summed E-state index contributed by atoms with van der Waals surface area (Å²) in [5, 5.41) is 10.9. The van der Waals surface area contributed by atoms with E-state index in [0.29, 0.717) is 17.9 Å². The average Bonchev–Trinajstić information content (AvgIpc) is 2.83. The van der Waals surface area contributed by atoms with Gasteiger partial charge in [-0.2, -0.15) is 5.11 Å². The lowest BCUT2D eigenvalue weighted by molar-refractivity contribution is 0.340. The molecule has 1 aromatic carbocycles. The molecule has 118 valence electrons. The van der Waals surface area contributed by atoms with E-state index in [1.165, 1.54) is 0 Å². The van der Waals surface area contributed by atoms with E-state index in [1.54, 1.807) is 16.6 Å². The zero-order chi connectivity index (χ0) is 16.4. The summed E-state index contributed by atoms with van der Waals surface area (Å²) in [5.74, 6) is 0.770. The molecular formula is C16H17N5O2. The number of aromatic amines is 1. The molecule has 0 radical (unpaired) electrons. The number of aromatic nitrogens is 3. The van der Waals surface area contributed by atoms with Gasteiger partial charge in [-0.15, -0.1) is 5.11 Å². The second kappa shape index (κ2) is 6.04. The van der Waals surface area contributed by atoms with Crippen molar-refractivity contribution in [3.05, 3.63) is 52.1 Å². The van der Waals surface area contributed by atoms with Gasteiger partial charge in [0, 0.05) is 11.4 Å². The molecule has 23 heavy (non-hydrogen) atoms. The van der Waals surface area contributed by atoms with E-state index in [1.807, 2.05) is 39.0 Å². The van der Waals surface area contributed by atoms with Gasteiger partial charge in [0.05, 0.1) is 12.3 Å². The number of hydrogen-bond acceptors (Lipinski definition) is 5. The highest BCUT2D eigenvalue weighted by Gasteiger charge is 2.11. The molecular weight excluding hydrogens is 294 g/mol. The van der Waals surface area contributed by atoms with E-state index < -0.39 is 0 Å². The zero-order valence-corrected chi connectivity index (χ0v) is 13.2. The van der Waals surface area contributed by atoms with Gasteiger partial charge in [0.15, 0.2) is 11.3 Å². The number of fused-ring (bicyclic) bond motifs is 1. The minimum Gasteiger partial charge on any atom is -0.494 e. The molecule has 1 N–H and O–H groups in total. The molecule has 2 heterocycles. The number of benzene rings is 1. The Hall–Kier alpha value is -2.96. The number of H-pyrrole nitrogens is 1. The fourth-order valence-corrected chi connectivity index (χ4v) is 2.31. The van der Waals surface area contributed by atoms with Gasteiger partial charge in [-0.1, -0.05) is 0 Å². The Kier molecular flexibility index (Phi) is 3.92. The summed E-state index contributed by atoms with van der Waals surface area (Å²) in [4.78, 5) is 16.4. The first kappa shape index (κ1) is 15.0. The maximum absolute atomic E-state index is 12.1. The SMILES string of the molecule is CCOc1ccc(N=Nc2c(=O)[nH]n3c(C)cc(C)nc23)cc1. The Bertz CT molecular complexity index is 922. The molecule has 0 spiro atoms. The quantitative estimate of drug-likeness (QED) is 0.749. The van der Waals surface area contributed by atoms with Crippen LogP contribution in [0.1, 0.15) is 18.3 Å². The third kappa shape index (κ3) is 2.98. The number of nitrogens with zero attached hydrogens (tertiary/aromatic N) is 4. The van der Waals surface area contributed by atoms with Crippen molar-refractivity contribution < 1.29 is 4.74 Å². The topological polar surface area (TPSA) is 84.1 Å². The normalized spacial score (nSPS) is 11.4. The summed E-state index contributed by atoms with van der Waals surface area (Å²) in [6.45, 7) is 6.30. The van der Waals surface area contributed by atoms with Crippen LogP contribution in [-0.2, 0) is 0 Å². The predicted molar refractivity (Wildman–Crippen MR) is 87.1 cm³/mol.